The van der Waals surface area contributed by atoms with Crippen molar-refractivity contribution in [1.29, 1.82) is 0 Å². The van der Waals surface area contributed by atoms with Crippen molar-refractivity contribution in [3.05, 3.63) is 46.6 Å². The van der Waals surface area contributed by atoms with Crippen LogP contribution >= 0.6 is 0 Å². The SMILES string of the molecule is CC1COB(c2ccc3nc4ccc(=O)cc-4oc3c2)OCC1C. The third-order valence-corrected chi connectivity index (χ3v) is 4.64. The highest BCUT2D eigenvalue weighted by Crippen LogP contribution is 2.23. The van der Waals surface area contributed by atoms with Crippen molar-refractivity contribution in [3.63, 3.8) is 0 Å². The molecule has 0 radical (unpaired) electrons. The summed E-state index contributed by atoms with van der Waals surface area (Å²) in [6.45, 7) is 5.67. The number of benzene rings is 2. The fourth-order valence-electron chi connectivity index (χ4n) is 2.82. The molecule has 0 spiro atoms. The van der Waals surface area contributed by atoms with Crippen LogP contribution < -0.4 is 10.9 Å². The zero-order valence-electron chi connectivity index (χ0n) is 13.7. The Morgan fingerprint density at radius 1 is 1.04 bits per heavy atom. The van der Waals surface area contributed by atoms with Gasteiger partial charge in [-0.3, -0.25) is 4.79 Å². The van der Waals surface area contributed by atoms with E-state index in [9.17, 15) is 4.79 Å². The number of fused-ring (bicyclic) bond motifs is 2. The first-order valence-electron chi connectivity index (χ1n) is 8.18. The second kappa shape index (κ2) is 6.04. The van der Waals surface area contributed by atoms with Gasteiger partial charge in [-0.25, -0.2) is 4.98 Å². The third kappa shape index (κ3) is 2.83. The minimum atomic E-state index is -0.404. The summed E-state index contributed by atoms with van der Waals surface area (Å²) in [5.41, 5.74) is 2.82. The van der Waals surface area contributed by atoms with Crippen LogP contribution in [0.4, 0.5) is 0 Å². The standard InChI is InChI=1S/C18H18BNO4/c1-11-9-22-19(23-10-12(11)2)13-3-5-15-17(7-13)24-18-8-14(21)4-6-16(18)20-15/h3-8,11-12H,9-10H2,1-2H3. The molecule has 0 saturated carbocycles. The van der Waals surface area contributed by atoms with Crippen LogP contribution in [-0.4, -0.2) is 25.3 Å². The molecule has 1 aliphatic carbocycles. The molecule has 2 atom stereocenters. The van der Waals surface area contributed by atoms with Gasteiger partial charge in [0, 0.05) is 19.3 Å². The van der Waals surface area contributed by atoms with Crippen molar-refractivity contribution in [1.82, 2.24) is 4.98 Å². The molecule has 0 bridgehead atoms. The quantitative estimate of drug-likeness (QED) is 0.508. The Kier molecular flexibility index (Phi) is 3.86. The average Bonchev–Trinajstić information content (AvgIpc) is 2.75. The van der Waals surface area contributed by atoms with Crippen LogP contribution in [0.1, 0.15) is 13.8 Å². The number of nitrogens with zero attached hydrogens (tertiary/aromatic N) is 1. The van der Waals surface area contributed by atoms with E-state index in [1.165, 1.54) is 12.1 Å². The van der Waals surface area contributed by atoms with Crippen LogP contribution in [0, 0.1) is 11.8 Å². The molecule has 122 valence electrons. The maximum absolute atomic E-state index is 11.5. The zero-order chi connectivity index (χ0) is 16.7. The minimum Gasteiger partial charge on any atom is -0.453 e. The molecule has 0 aromatic heterocycles. The van der Waals surface area contributed by atoms with E-state index >= 15 is 0 Å². The van der Waals surface area contributed by atoms with Crippen molar-refractivity contribution in [3.8, 4) is 11.5 Å². The highest BCUT2D eigenvalue weighted by molar-refractivity contribution is 6.61. The Balaban J connectivity index is 1.73. The lowest BCUT2D eigenvalue weighted by Gasteiger charge is -2.13. The second-order valence-electron chi connectivity index (χ2n) is 6.52. The van der Waals surface area contributed by atoms with Crippen molar-refractivity contribution < 1.29 is 13.7 Å². The van der Waals surface area contributed by atoms with Gasteiger partial charge in [0.2, 0.25) is 0 Å². The van der Waals surface area contributed by atoms with Crippen LogP contribution in [0.3, 0.4) is 0 Å². The first-order valence-corrected chi connectivity index (χ1v) is 8.18. The smallest absolute Gasteiger partial charge is 0.453 e. The molecule has 1 aromatic carbocycles. The van der Waals surface area contributed by atoms with E-state index in [4.69, 9.17) is 13.7 Å². The summed E-state index contributed by atoms with van der Waals surface area (Å²) in [6.07, 6.45) is 0. The predicted octanol–water partition coefficient (Wildman–Crippen LogP) is 2.31. The van der Waals surface area contributed by atoms with Gasteiger partial charge in [0.15, 0.2) is 16.8 Å². The average molecular weight is 323 g/mol. The summed E-state index contributed by atoms with van der Waals surface area (Å²) >= 11 is 0. The van der Waals surface area contributed by atoms with Gasteiger partial charge in [0.1, 0.15) is 11.2 Å². The Bertz CT molecular complexity index is 897. The Morgan fingerprint density at radius 2 is 1.79 bits per heavy atom. The van der Waals surface area contributed by atoms with E-state index in [1.54, 1.807) is 6.07 Å². The highest BCUT2D eigenvalue weighted by Gasteiger charge is 2.29. The molecule has 24 heavy (non-hydrogen) atoms. The summed E-state index contributed by atoms with van der Waals surface area (Å²) in [7, 11) is -0.404. The number of hydrogen-bond acceptors (Lipinski definition) is 5. The van der Waals surface area contributed by atoms with Gasteiger partial charge < -0.3 is 13.7 Å². The summed E-state index contributed by atoms with van der Waals surface area (Å²) in [6, 6.07) is 10.3. The molecule has 2 heterocycles. The molecule has 5 nitrogen and oxygen atoms in total. The second-order valence-corrected chi connectivity index (χ2v) is 6.52. The van der Waals surface area contributed by atoms with Crippen LogP contribution in [0.5, 0.6) is 0 Å². The van der Waals surface area contributed by atoms with Crippen molar-refractivity contribution >= 4 is 23.7 Å². The third-order valence-electron chi connectivity index (χ3n) is 4.64. The normalized spacial score (nSPS) is 22.0. The lowest BCUT2D eigenvalue weighted by molar-refractivity contribution is 0.238. The van der Waals surface area contributed by atoms with E-state index < -0.39 is 7.12 Å². The Hall–Kier alpha value is -2.18. The van der Waals surface area contributed by atoms with Crippen LogP contribution in [0.25, 0.3) is 22.6 Å². The lowest BCUT2D eigenvalue weighted by Crippen LogP contribution is -2.36. The Labute approximate surface area is 140 Å². The van der Waals surface area contributed by atoms with Crippen molar-refractivity contribution in [2.45, 2.75) is 13.8 Å². The maximum atomic E-state index is 11.5. The summed E-state index contributed by atoms with van der Waals surface area (Å²) in [4.78, 5) is 16.0. The van der Waals surface area contributed by atoms with Gasteiger partial charge in [0.05, 0.1) is 0 Å². The van der Waals surface area contributed by atoms with E-state index in [2.05, 4.69) is 18.8 Å². The fourth-order valence-corrected chi connectivity index (χ4v) is 2.82. The topological polar surface area (TPSA) is 61.6 Å². The molecule has 3 aliphatic rings. The van der Waals surface area contributed by atoms with Crippen molar-refractivity contribution in [2.24, 2.45) is 11.8 Å². The molecule has 1 saturated heterocycles. The molecule has 2 aliphatic heterocycles. The summed E-state index contributed by atoms with van der Waals surface area (Å²) < 4.78 is 17.6. The monoisotopic (exact) mass is 323 g/mol. The van der Waals surface area contributed by atoms with Gasteiger partial charge in [-0.05, 0) is 41.6 Å². The summed E-state index contributed by atoms with van der Waals surface area (Å²) in [5, 5.41) is 0. The highest BCUT2D eigenvalue weighted by atomic mass is 16.6. The molecule has 2 unspecified atom stereocenters. The largest absolute Gasteiger partial charge is 0.494 e. The molecule has 1 aromatic rings. The lowest BCUT2D eigenvalue weighted by atomic mass is 9.79. The van der Waals surface area contributed by atoms with E-state index in [1.807, 2.05) is 18.2 Å². The molecule has 0 amide bonds. The molecular formula is C18H18BNO4. The molecule has 1 fully saturated rings. The number of rotatable bonds is 1. The van der Waals surface area contributed by atoms with Gasteiger partial charge in [0.25, 0.3) is 0 Å². The van der Waals surface area contributed by atoms with Crippen LogP contribution in [0.2, 0.25) is 0 Å². The number of aromatic nitrogens is 1. The van der Waals surface area contributed by atoms with E-state index in [0.29, 0.717) is 42.1 Å². The molecule has 6 heteroatoms. The first-order chi connectivity index (χ1) is 11.6. The molecular weight excluding hydrogens is 305 g/mol. The maximum Gasteiger partial charge on any atom is 0.494 e. The zero-order valence-corrected chi connectivity index (χ0v) is 13.7. The molecule has 4 rings (SSSR count). The van der Waals surface area contributed by atoms with Crippen molar-refractivity contribution in [2.75, 3.05) is 13.2 Å². The summed E-state index contributed by atoms with van der Waals surface area (Å²) in [5.74, 6) is 1.40. The number of hydrogen-bond donors (Lipinski definition) is 0. The fraction of sp³-hybridized carbons (Fsp3) is 0.333. The Morgan fingerprint density at radius 3 is 2.54 bits per heavy atom. The van der Waals surface area contributed by atoms with Crippen LogP contribution in [-0.2, 0) is 9.31 Å². The van der Waals surface area contributed by atoms with E-state index in [-0.39, 0.29) is 5.43 Å². The van der Waals surface area contributed by atoms with E-state index in [0.717, 1.165) is 11.0 Å². The molecule has 0 N–H and O–H groups in total. The minimum absolute atomic E-state index is 0.0954. The van der Waals surface area contributed by atoms with Gasteiger partial charge in [-0.15, -0.1) is 0 Å². The van der Waals surface area contributed by atoms with Gasteiger partial charge in [-0.2, -0.15) is 0 Å². The first kappa shape index (κ1) is 15.4. The van der Waals surface area contributed by atoms with Crippen LogP contribution in [0.15, 0.2) is 45.6 Å². The predicted molar refractivity (Wildman–Crippen MR) is 92.5 cm³/mol. The van der Waals surface area contributed by atoms with Gasteiger partial charge in [-0.1, -0.05) is 19.9 Å². The van der Waals surface area contributed by atoms with Gasteiger partial charge >= 0.3 is 7.12 Å².